The Kier molecular flexibility index (Phi) is 10.2. The van der Waals surface area contributed by atoms with Gasteiger partial charge in [0.05, 0.1) is 19.1 Å². The maximum absolute atomic E-state index is 13.3. The van der Waals surface area contributed by atoms with Crippen molar-refractivity contribution in [3.05, 3.63) is 59.1 Å². The Morgan fingerprint density at radius 3 is 2.32 bits per heavy atom. The first kappa shape index (κ1) is 27.5. The molecule has 0 aliphatic carbocycles. The molecule has 1 atom stereocenters. The van der Waals surface area contributed by atoms with Crippen molar-refractivity contribution >= 4 is 39.1 Å². The van der Waals surface area contributed by atoms with E-state index in [9.17, 15) is 18.0 Å². The van der Waals surface area contributed by atoms with Crippen molar-refractivity contribution in [2.24, 2.45) is 0 Å². The number of para-hydroxylation sites is 2. The molecule has 2 aromatic carbocycles. The number of carbonyl (C=O) groups is 2. The lowest BCUT2D eigenvalue weighted by atomic mass is 10.1. The minimum absolute atomic E-state index is 0.0717. The van der Waals surface area contributed by atoms with E-state index in [1.807, 2.05) is 19.1 Å². The molecule has 0 fully saturated rings. The van der Waals surface area contributed by atoms with Gasteiger partial charge >= 0.3 is 0 Å². The number of nitrogens with zero attached hydrogens (tertiary/aromatic N) is 2. The van der Waals surface area contributed by atoms with Gasteiger partial charge in [-0.2, -0.15) is 0 Å². The van der Waals surface area contributed by atoms with E-state index in [4.69, 9.17) is 16.3 Å². The minimum Gasteiger partial charge on any atom is -0.495 e. The number of benzene rings is 2. The normalized spacial score (nSPS) is 12.0. The zero-order valence-electron chi connectivity index (χ0n) is 20.0. The highest BCUT2D eigenvalue weighted by Gasteiger charge is 2.28. The van der Waals surface area contributed by atoms with E-state index in [1.165, 1.54) is 23.4 Å². The van der Waals surface area contributed by atoms with Crippen LogP contribution in [0.25, 0.3) is 0 Å². The summed E-state index contributed by atoms with van der Waals surface area (Å²) >= 11 is 5.97. The largest absolute Gasteiger partial charge is 0.495 e. The Bertz CT molecular complexity index is 1080. The van der Waals surface area contributed by atoms with Gasteiger partial charge in [-0.1, -0.05) is 42.8 Å². The van der Waals surface area contributed by atoms with Crippen LogP contribution in [0.5, 0.6) is 5.75 Å². The Labute approximate surface area is 206 Å². The molecule has 0 aliphatic heterocycles. The van der Waals surface area contributed by atoms with Crippen molar-refractivity contribution in [1.82, 2.24) is 10.2 Å². The van der Waals surface area contributed by atoms with E-state index >= 15 is 0 Å². The van der Waals surface area contributed by atoms with Gasteiger partial charge in [-0.3, -0.25) is 13.9 Å². The highest BCUT2D eigenvalue weighted by Crippen LogP contribution is 2.29. The van der Waals surface area contributed by atoms with Crippen LogP contribution in [0.1, 0.15) is 31.7 Å². The average molecular weight is 510 g/mol. The quantitative estimate of drug-likeness (QED) is 0.472. The summed E-state index contributed by atoms with van der Waals surface area (Å²) < 4.78 is 31.5. The molecule has 0 heterocycles. The molecule has 2 amide bonds. The minimum atomic E-state index is -3.61. The zero-order valence-corrected chi connectivity index (χ0v) is 21.5. The lowest BCUT2D eigenvalue weighted by Gasteiger charge is -2.31. The van der Waals surface area contributed by atoms with E-state index in [2.05, 4.69) is 5.32 Å². The van der Waals surface area contributed by atoms with Crippen LogP contribution in [0.2, 0.25) is 5.02 Å². The standard InChI is InChI=1S/C24H32ClN3O5S/c1-5-20(24(30)26-2)27(17-18-12-14-19(25)15-13-18)23(29)11-8-16-28(34(4,31)32)21-9-6-7-10-22(21)33-3/h6-7,9-10,12-15,20H,5,8,11,16-17H2,1-4H3,(H,26,30). The van der Waals surface area contributed by atoms with Crippen LogP contribution in [0.3, 0.4) is 0 Å². The average Bonchev–Trinajstić information content (AvgIpc) is 2.81. The zero-order chi connectivity index (χ0) is 25.3. The van der Waals surface area contributed by atoms with Crippen LogP contribution in [0, 0.1) is 0 Å². The molecule has 2 rings (SSSR count). The first-order valence-corrected chi connectivity index (χ1v) is 13.2. The molecule has 1 unspecified atom stereocenters. The van der Waals surface area contributed by atoms with E-state index in [1.54, 1.807) is 36.4 Å². The van der Waals surface area contributed by atoms with Gasteiger partial charge in [0.15, 0.2) is 0 Å². The molecule has 10 heteroatoms. The predicted molar refractivity (Wildman–Crippen MR) is 135 cm³/mol. The van der Waals surface area contributed by atoms with Crippen molar-refractivity contribution in [1.29, 1.82) is 0 Å². The molecule has 0 aromatic heterocycles. The van der Waals surface area contributed by atoms with E-state index in [0.29, 0.717) is 22.9 Å². The Morgan fingerprint density at radius 1 is 1.12 bits per heavy atom. The fraction of sp³-hybridized carbons (Fsp3) is 0.417. The van der Waals surface area contributed by atoms with Gasteiger partial charge in [-0.05, 0) is 42.7 Å². The maximum atomic E-state index is 13.3. The monoisotopic (exact) mass is 509 g/mol. The number of anilines is 1. The van der Waals surface area contributed by atoms with Gasteiger partial charge < -0.3 is 15.0 Å². The number of halogens is 1. The SMILES string of the molecule is CCC(C(=O)NC)N(Cc1ccc(Cl)cc1)C(=O)CCCN(c1ccccc1OC)S(C)(=O)=O. The molecule has 0 radical (unpaired) electrons. The number of likely N-dealkylation sites (N-methyl/N-ethyl adjacent to an activating group) is 1. The molecular weight excluding hydrogens is 478 g/mol. The summed E-state index contributed by atoms with van der Waals surface area (Å²) in [6.07, 6.45) is 1.90. The molecule has 0 bridgehead atoms. The topological polar surface area (TPSA) is 96.0 Å². The van der Waals surface area contributed by atoms with Crippen LogP contribution in [-0.4, -0.2) is 58.1 Å². The smallest absolute Gasteiger partial charge is 0.242 e. The maximum Gasteiger partial charge on any atom is 0.242 e. The second-order valence-corrected chi connectivity index (χ2v) is 10.1. The van der Waals surface area contributed by atoms with Crippen LogP contribution in [-0.2, 0) is 26.2 Å². The number of sulfonamides is 1. The number of ether oxygens (including phenoxy) is 1. The summed E-state index contributed by atoms with van der Waals surface area (Å²) in [5, 5.41) is 3.20. The number of carbonyl (C=O) groups excluding carboxylic acids is 2. The third kappa shape index (κ3) is 7.36. The molecule has 0 saturated heterocycles. The number of rotatable bonds is 12. The van der Waals surface area contributed by atoms with Gasteiger partial charge in [0.1, 0.15) is 11.8 Å². The summed E-state index contributed by atoms with van der Waals surface area (Å²) in [6.45, 7) is 2.18. The molecule has 34 heavy (non-hydrogen) atoms. The number of methoxy groups -OCH3 is 1. The van der Waals surface area contributed by atoms with Crippen LogP contribution in [0.15, 0.2) is 48.5 Å². The first-order chi connectivity index (χ1) is 16.1. The Balaban J connectivity index is 2.21. The lowest BCUT2D eigenvalue weighted by Crippen LogP contribution is -2.48. The molecular formula is C24H32ClN3O5S. The second-order valence-electron chi connectivity index (χ2n) is 7.80. The summed E-state index contributed by atoms with van der Waals surface area (Å²) in [4.78, 5) is 27.3. The second kappa shape index (κ2) is 12.6. The van der Waals surface area contributed by atoms with Crippen molar-refractivity contribution < 1.29 is 22.7 Å². The molecule has 2 aromatic rings. The van der Waals surface area contributed by atoms with Gasteiger partial charge in [0.2, 0.25) is 21.8 Å². The number of amides is 2. The van der Waals surface area contributed by atoms with Crippen LogP contribution >= 0.6 is 11.6 Å². The Hall–Kier alpha value is -2.78. The van der Waals surface area contributed by atoms with Crippen molar-refractivity contribution in [3.63, 3.8) is 0 Å². The number of hydrogen-bond acceptors (Lipinski definition) is 5. The van der Waals surface area contributed by atoms with Gasteiger partial charge in [-0.15, -0.1) is 0 Å². The van der Waals surface area contributed by atoms with Gasteiger partial charge in [0.25, 0.3) is 0 Å². The van der Waals surface area contributed by atoms with E-state index in [0.717, 1.165) is 11.8 Å². The third-order valence-electron chi connectivity index (χ3n) is 5.40. The summed E-state index contributed by atoms with van der Waals surface area (Å²) in [5.41, 5.74) is 1.25. The summed E-state index contributed by atoms with van der Waals surface area (Å²) in [6, 6.07) is 13.3. The van der Waals surface area contributed by atoms with Crippen LogP contribution in [0.4, 0.5) is 5.69 Å². The van der Waals surface area contributed by atoms with Gasteiger partial charge in [-0.25, -0.2) is 8.42 Å². The fourth-order valence-electron chi connectivity index (χ4n) is 3.69. The van der Waals surface area contributed by atoms with E-state index in [-0.39, 0.29) is 37.7 Å². The van der Waals surface area contributed by atoms with E-state index < -0.39 is 16.1 Å². The fourth-order valence-corrected chi connectivity index (χ4v) is 4.79. The molecule has 186 valence electrons. The Morgan fingerprint density at radius 2 is 1.76 bits per heavy atom. The predicted octanol–water partition coefficient (Wildman–Crippen LogP) is 3.45. The van der Waals surface area contributed by atoms with Crippen molar-refractivity contribution in [3.8, 4) is 5.75 Å². The van der Waals surface area contributed by atoms with Crippen LogP contribution < -0.4 is 14.4 Å². The van der Waals surface area contributed by atoms with Gasteiger partial charge in [0, 0.05) is 31.6 Å². The highest BCUT2D eigenvalue weighted by molar-refractivity contribution is 7.92. The molecule has 0 saturated carbocycles. The summed E-state index contributed by atoms with van der Waals surface area (Å²) in [5.74, 6) is -0.0650. The molecule has 0 spiro atoms. The molecule has 1 N–H and O–H groups in total. The molecule has 8 nitrogen and oxygen atoms in total. The van der Waals surface area contributed by atoms with Crippen molar-refractivity contribution in [2.75, 3.05) is 31.3 Å². The third-order valence-corrected chi connectivity index (χ3v) is 6.84. The molecule has 0 aliphatic rings. The lowest BCUT2D eigenvalue weighted by molar-refractivity contribution is -0.141. The van der Waals surface area contributed by atoms with Crippen molar-refractivity contribution in [2.45, 2.75) is 38.8 Å². The highest BCUT2D eigenvalue weighted by atomic mass is 35.5. The number of nitrogens with one attached hydrogen (secondary N) is 1. The number of hydrogen-bond donors (Lipinski definition) is 1. The first-order valence-electron chi connectivity index (χ1n) is 11.0. The summed E-state index contributed by atoms with van der Waals surface area (Å²) in [7, 11) is -0.600.